The molecule has 2 N–H and O–H groups in total. The lowest BCUT2D eigenvalue weighted by atomic mass is 9.84. The highest BCUT2D eigenvalue weighted by molar-refractivity contribution is 5.95. The molecule has 1 saturated carbocycles. The van der Waals surface area contributed by atoms with E-state index < -0.39 is 0 Å². The molecular weight excluding hydrogens is 466 g/mol. The van der Waals surface area contributed by atoms with Gasteiger partial charge in [-0.3, -0.25) is 4.79 Å². The fourth-order valence-electron chi connectivity index (χ4n) is 4.07. The highest BCUT2D eigenvalue weighted by Gasteiger charge is 2.13. The number of Topliss-reactive ketones (excluding diaryl/α,β-unsaturated/α-hetero) is 1. The quantitative estimate of drug-likeness (QED) is 0.200. The van der Waals surface area contributed by atoms with Crippen LogP contribution in [0.5, 0.6) is 0 Å². The third kappa shape index (κ3) is 11.9. The van der Waals surface area contributed by atoms with Gasteiger partial charge < -0.3 is 10.6 Å². The first-order valence-electron chi connectivity index (χ1n) is 13.3. The normalized spacial score (nSPS) is 16.8. The number of rotatable bonds is 9. The molecule has 1 heterocycles. The second-order valence-corrected chi connectivity index (χ2v) is 9.85. The predicted molar refractivity (Wildman–Crippen MR) is 166 cm³/mol. The molecule has 0 bridgehead atoms. The molecule has 2 aromatic rings. The molecule has 0 saturated heterocycles. The monoisotopic (exact) mass is 511 g/mol. The van der Waals surface area contributed by atoms with Crippen LogP contribution < -0.4 is 10.6 Å². The van der Waals surface area contributed by atoms with Crippen LogP contribution in [0.3, 0.4) is 0 Å². The van der Waals surface area contributed by atoms with E-state index in [9.17, 15) is 4.79 Å². The largest absolute Gasteiger partial charge is 0.359 e. The van der Waals surface area contributed by atoms with Gasteiger partial charge in [0.05, 0.1) is 0 Å². The number of aryl methyl sites for hydroxylation is 1. The summed E-state index contributed by atoms with van der Waals surface area (Å²) in [6, 6.07) is 11.8. The Kier molecular flexibility index (Phi) is 14.9. The molecular formula is C34H45N3O. The van der Waals surface area contributed by atoms with Gasteiger partial charge in [-0.05, 0) is 68.0 Å². The molecule has 1 aliphatic carbocycles. The molecule has 4 nitrogen and oxygen atoms in total. The number of nitrogens with one attached hydrogen (secondary N) is 2. The van der Waals surface area contributed by atoms with Crippen LogP contribution in [0.1, 0.15) is 70.9 Å². The van der Waals surface area contributed by atoms with Crippen molar-refractivity contribution in [2.24, 2.45) is 11.8 Å². The maximum Gasteiger partial charge on any atom is 0.159 e. The molecule has 1 aromatic carbocycles. The Morgan fingerprint density at radius 3 is 2.18 bits per heavy atom. The SMILES string of the molecule is C#C.C=C(C/C=C\C(=C/C)C(C)=O)Nc1ccc(C(=C)Nc2ccccn2)cc1C.CC1CCC(C)CC1. The van der Waals surface area contributed by atoms with Gasteiger partial charge in [-0.2, -0.15) is 0 Å². The second kappa shape index (κ2) is 17.6. The van der Waals surface area contributed by atoms with E-state index >= 15 is 0 Å². The van der Waals surface area contributed by atoms with Crippen LogP contribution in [0.4, 0.5) is 11.5 Å². The summed E-state index contributed by atoms with van der Waals surface area (Å²) >= 11 is 0. The Morgan fingerprint density at radius 1 is 1.05 bits per heavy atom. The molecule has 38 heavy (non-hydrogen) atoms. The minimum atomic E-state index is 0.0586. The highest BCUT2D eigenvalue weighted by Crippen LogP contribution is 2.27. The van der Waals surface area contributed by atoms with E-state index in [2.05, 4.69) is 61.5 Å². The number of carbonyl (C=O) groups is 1. The standard InChI is InChI=1S/C24H27N3O.C8H16.C2H2/c1-6-21(20(5)28)11-9-10-18(3)26-23-14-13-22(16-17(23)2)19(4)27-24-12-7-8-15-25-24;1-7-3-5-8(2)6-4-7;1-2/h6-9,11-16,26H,3-4,10H2,1-2,5H3,(H,25,27);7-8H,3-6H2,1-2H3;1-2H/b11-9-,21-6+;;. The molecule has 0 spiro atoms. The maximum atomic E-state index is 11.4. The van der Waals surface area contributed by atoms with E-state index in [4.69, 9.17) is 0 Å². The Hall–Kier alpha value is -3.84. The number of terminal acetylenes is 1. The third-order valence-electron chi connectivity index (χ3n) is 6.51. The number of hydrogen-bond acceptors (Lipinski definition) is 4. The van der Waals surface area contributed by atoms with Crippen LogP contribution in [0, 0.1) is 31.6 Å². The summed E-state index contributed by atoms with van der Waals surface area (Å²) < 4.78 is 0. The van der Waals surface area contributed by atoms with Crippen LogP contribution >= 0.6 is 0 Å². The topological polar surface area (TPSA) is 54.0 Å². The van der Waals surface area contributed by atoms with Gasteiger partial charge in [-0.25, -0.2) is 4.98 Å². The van der Waals surface area contributed by atoms with Gasteiger partial charge in [-0.1, -0.05) is 83.0 Å². The fraction of sp³-hybridized carbons (Fsp3) is 0.353. The zero-order valence-electron chi connectivity index (χ0n) is 23.9. The van der Waals surface area contributed by atoms with Gasteiger partial charge in [0.2, 0.25) is 0 Å². The first-order chi connectivity index (χ1) is 18.2. The lowest BCUT2D eigenvalue weighted by Gasteiger charge is -2.22. The highest BCUT2D eigenvalue weighted by atomic mass is 16.1. The number of anilines is 2. The van der Waals surface area contributed by atoms with Crippen molar-refractivity contribution >= 4 is 23.0 Å². The summed E-state index contributed by atoms with van der Waals surface area (Å²) in [5.74, 6) is 2.86. The molecule has 0 atom stereocenters. The number of pyridine rings is 1. The number of benzene rings is 1. The summed E-state index contributed by atoms with van der Waals surface area (Å²) in [6.45, 7) is 18.4. The Morgan fingerprint density at radius 2 is 1.68 bits per heavy atom. The Balaban J connectivity index is 0.000000607. The van der Waals surface area contributed by atoms with Crippen LogP contribution in [-0.4, -0.2) is 10.8 Å². The van der Waals surface area contributed by atoms with Crippen molar-refractivity contribution in [2.75, 3.05) is 10.6 Å². The zero-order valence-corrected chi connectivity index (χ0v) is 23.9. The van der Waals surface area contributed by atoms with Crippen molar-refractivity contribution in [1.82, 2.24) is 4.98 Å². The molecule has 0 unspecified atom stereocenters. The summed E-state index contributed by atoms with van der Waals surface area (Å²) in [5.41, 5.74) is 5.43. The van der Waals surface area contributed by atoms with Gasteiger partial charge in [0.1, 0.15) is 5.82 Å². The van der Waals surface area contributed by atoms with Gasteiger partial charge in [0, 0.05) is 35.3 Å². The smallest absolute Gasteiger partial charge is 0.159 e. The van der Waals surface area contributed by atoms with Crippen LogP contribution in [0.15, 0.2) is 85.3 Å². The Bertz CT molecular complexity index is 1110. The molecule has 0 radical (unpaired) electrons. The molecule has 0 amide bonds. The van der Waals surface area contributed by atoms with Gasteiger partial charge >= 0.3 is 0 Å². The van der Waals surface area contributed by atoms with Crippen molar-refractivity contribution in [3.63, 3.8) is 0 Å². The van der Waals surface area contributed by atoms with Crippen LogP contribution in [-0.2, 0) is 4.79 Å². The zero-order chi connectivity index (χ0) is 28.5. The number of aromatic nitrogens is 1. The molecule has 0 aliphatic heterocycles. The average molecular weight is 512 g/mol. The van der Waals surface area contributed by atoms with E-state index in [1.165, 1.54) is 25.7 Å². The van der Waals surface area contributed by atoms with Gasteiger partial charge in [-0.15, -0.1) is 12.8 Å². The number of allylic oxidation sites excluding steroid dienone is 4. The molecule has 1 aliphatic rings. The van der Waals surface area contributed by atoms with E-state index in [0.29, 0.717) is 12.0 Å². The fourth-order valence-corrected chi connectivity index (χ4v) is 4.07. The lowest BCUT2D eigenvalue weighted by Crippen LogP contribution is -2.08. The number of ketones is 1. The summed E-state index contributed by atoms with van der Waals surface area (Å²) in [5, 5.41) is 6.55. The van der Waals surface area contributed by atoms with Gasteiger partial charge in [0.15, 0.2) is 5.78 Å². The number of carbonyl (C=O) groups excluding carboxylic acids is 1. The van der Waals surface area contributed by atoms with E-state index in [1.807, 2.05) is 62.4 Å². The molecule has 3 rings (SSSR count). The molecule has 202 valence electrons. The average Bonchev–Trinajstić information content (AvgIpc) is 2.91. The minimum Gasteiger partial charge on any atom is -0.359 e. The first-order valence-corrected chi connectivity index (χ1v) is 13.3. The number of hydrogen-bond donors (Lipinski definition) is 2. The van der Waals surface area contributed by atoms with E-state index in [-0.39, 0.29) is 5.78 Å². The summed E-state index contributed by atoms with van der Waals surface area (Å²) in [7, 11) is 0. The van der Waals surface area contributed by atoms with E-state index in [1.54, 1.807) is 13.1 Å². The van der Waals surface area contributed by atoms with Crippen molar-refractivity contribution in [1.29, 1.82) is 0 Å². The summed E-state index contributed by atoms with van der Waals surface area (Å²) in [6.07, 6.45) is 21.9. The third-order valence-corrected chi connectivity index (χ3v) is 6.51. The number of nitrogens with zero attached hydrogens (tertiary/aromatic N) is 1. The van der Waals surface area contributed by atoms with E-state index in [0.717, 1.165) is 45.9 Å². The van der Waals surface area contributed by atoms with Crippen molar-refractivity contribution in [3.8, 4) is 12.8 Å². The molecule has 1 aromatic heterocycles. The van der Waals surface area contributed by atoms with Crippen molar-refractivity contribution < 1.29 is 4.79 Å². The van der Waals surface area contributed by atoms with Crippen LogP contribution in [0.2, 0.25) is 0 Å². The molecule has 1 fully saturated rings. The predicted octanol–water partition coefficient (Wildman–Crippen LogP) is 8.96. The van der Waals surface area contributed by atoms with Crippen molar-refractivity contribution in [3.05, 3.63) is 96.4 Å². The van der Waals surface area contributed by atoms with Crippen LogP contribution in [0.25, 0.3) is 5.70 Å². The van der Waals surface area contributed by atoms with Gasteiger partial charge in [0.25, 0.3) is 0 Å². The first kappa shape index (κ1) is 32.2. The molecule has 4 heteroatoms. The summed E-state index contributed by atoms with van der Waals surface area (Å²) in [4.78, 5) is 15.7. The second-order valence-electron chi connectivity index (χ2n) is 9.85. The minimum absolute atomic E-state index is 0.0586. The van der Waals surface area contributed by atoms with Crippen molar-refractivity contribution in [2.45, 2.75) is 66.7 Å². The lowest BCUT2D eigenvalue weighted by molar-refractivity contribution is -0.113. The Labute approximate surface area is 231 Å². The maximum absolute atomic E-state index is 11.4.